The van der Waals surface area contributed by atoms with Crippen LogP contribution in [0.25, 0.3) is 6.08 Å². The van der Waals surface area contributed by atoms with Crippen molar-refractivity contribution in [1.29, 1.82) is 0 Å². The summed E-state index contributed by atoms with van der Waals surface area (Å²) in [6.45, 7) is 4.11. The molecule has 0 saturated carbocycles. The molecular weight excluding hydrogens is 445 g/mol. The van der Waals surface area contributed by atoms with Crippen molar-refractivity contribution in [2.24, 2.45) is 0 Å². The summed E-state index contributed by atoms with van der Waals surface area (Å²) >= 11 is 13.0. The summed E-state index contributed by atoms with van der Waals surface area (Å²) in [7, 11) is 1.56. The number of hydrogen-bond donors (Lipinski definition) is 0. The second-order valence-corrected chi connectivity index (χ2v) is 8.59. The van der Waals surface area contributed by atoms with Crippen LogP contribution in [0.1, 0.15) is 31.4 Å². The first-order chi connectivity index (χ1) is 14.3. The van der Waals surface area contributed by atoms with Gasteiger partial charge in [-0.3, -0.25) is 14.5 Å². The monoisotopic (exact) mass is 465 g/mol. The molecular formula is C22H21Cl2NO4S. The van der Waals surface area contributed by atoms with E-state index >= 15 is 0 Å². The summed E-state index contributed by atoms with van der Waals surface area (Å²) in [4.78, 5) is 26.7. The number of ether oxygens (including phenoxy) is 2. The minimum absolute atomic E-state index is 0.0564. The van der Waals surface area contributed by atoms with Crippen molar-refractivity contribution in [2.45, 2.75) is 32.9 Å². The summed E-state index contributed by atoms with van der Waals surface area (Å²) in [5, 5.41) is 0.556. The van der Waals surface area contributed by atoms with Gasteiger partial charge >= 0.3 is 0 Å². The van der Waals surface area contributed by atoms with Crippen molar-refractivity contribution in [2.75, 3.05) is 7.11 Å². The van der Waals surface area contributed by atoms with Crippen LogP contribution in [0.15, 0.2) is 41.3 Å². The van der Waals surface area contributed by atoms with E-state index in [1.54, 1.807) is 43.5 Å². The van der Waals surface area contributed by atoms with Crippen LogP contribution in [0.3, 0.4) is 0 Å². The molecule has 2 aromatic carbocycles. The maximum atomic E-state index is 12.8. The Morgan fingerprint density at radius 1 is 1.13 bits per heavy atom. The van der Waals surface area contributed by atoms with Gasteiger partial charge in [0.2, 0.25) is 0 Å². The van der Waals surface area contributed by atoms with Crippen LogP contribution in [0.2, 0.25) is 10.0 Å². The van der Waals surface area contributed by atoms with E-state index in [0.29, 0.717) is 32.0 Å². The molecule has 3 rings (SSSR count). The number of imide groups is 1. The number of benzene rings is 2. The third-order valence-electron chi connectivity index (χ3n) is 4.61. The van der Waals surface area contributed by atoms with Crippen molar-refractivity contribution in [3.05, 3.63) is 62.5 Å². The Kier molecular flexibility index (Phi) is 7.34. The maximum absolute atomic E-state index is 12.8. The third-order valence-corrected chi connectivity index (χ3v) is 6.10. The number of methoxy groups -OCH3 is 1. The molecule has 2 aromatic rings. The fourth-order valence-corrected chi connectivity index (χ4v) is 4.09. The number of amides is 2. The van der Waals surface area contributed by atoms with Gasteiger partial charge < -0.3 is 9.47 Å². The molecule has 30 heavy (non-hydrogen) atoms. The van der Waals surface area contributed by atoms with Crippen LogP contribution in [0, 0.1) is 0 Å². The largest absolute Gasteiger partial charge is 0.493 e. The first-order valence-corrected chi connectivity index (χ1v) is 10.9. The number of thioether (sulfide) groups is 1. The molecule has 0 N–H and O–H groups in total. The van der Waals surface area contributed by atoms with Crippen LogP contribution in [0.4, 0.5) is 4.79 Å². The number of carbonyl (C=O) groups excluding carboxylic acids is 2. The third kappa shape index (κ3) is 5.12. The van der Waals surface area contributed by atoms with Crippen LogP contribution in [-0.4, -0.2) is 29.3 Å². The number of carbonyl (C=O) groups is 2. The van der Waals surface area contributed by atoms with E-state index in [9.17, 15) is 9.59 Å². The molecule has 1 fully saturated rings. The van der Waals surface area contributed by atoms with Crippen molar-refractivity contribution >= 4 is 52.2 Å². The first-order valence-electron chi connectivity index (χ1n) is 9.36. The van der Waals surface area contributed by atoms with Crippen molar-refractivity contribution in [3.8, 4) is 11.5 Å². The fraction of sp³-hybridized carbons (Fsp3) is 0.273. The van der Waals surface area contributed by atoms with Gasteiger partial charge in [-0.25, -0.2) is 0 Å². The quantitative estimate of drug-likeness (QED) is 0.441. The molecule has 0 radical (unpaired) electrons. The van der Waals surface area contributed by atoms with E-state index in [4.69, 9.17) is 32.7 Å². The zero-order valence-corrected chi connectivity index (χ0v) is 19.1. The van der Waals surface area contributed by atoms with Gasteiger partial charge in [-0.15, -0.1) is 0 Å². The van der Waals surface area contributed by atoms with E-state index in [1.807, 2.05) is 19.9 Å². The molecule has 0 aromatic heterocycles. The van der Waals surface area contributed by atoms with E-state index in [1.165, 1.54) is 4.90 Å². The van der Waals surface area contributed by atoms with Crippen LogP contribution in [-0.2, 0) is 11.3 Å². The Bertz CT molecular complexity index is 1010. The Balaban J connectivity index is 1.81. The highest BCUT2D eigenvalue weighted by Crippen LogP contribution is 2.36. The summed E-state index contributed by atoms with van der Waals surface area (Å²) in [6.07, 6.45) is 2.60. The summed E-state index contributed by atoms with van der Waals surface area (Å²) < 4.78 is 11.3. The summed E-state index contributed by atoms with van der Waals surface area (Å²) in [6, 6.07) is 10.4. The second kappa shape index (κ2) is 9.77. The Morgan fingerprint density at radius 2 is 1.90 bits per heavy atom. The summed E-state index contributed by atoms with van der Waals surface area (Å²) in [5.41, 5.74) is 1.39. The zero-order valence-electron chi connectivity index (χ0n) is 16.8. The Labute approximate surface area is 189 Å². The van der Waals surface area contributed by atoms with Crippen LogP contribution in [0.5, 0.6) is 11.5 Å². The lowest BCUT2D eigenvalue weighted by Gasteiger charge is -2.16. The highest BCUT2D eigenvalue weighted by Gasteiger charge is 2.35. The number of hydrogen-bond acceptors (Lipinski definition) is 5. The lowest BCUT2D eigenvalue weighted by atomic mass is 10.1. The van der Waals surface area contributed by atoms with Gasteiger partial charge in [0.25, 0.3) is 11.1 Å². The average Bonchev–Trinajstić information content (AvgIpc) is 2.98. The minimum Gasteiger partial charge on any atom is -0.493 e. The summed E-state index contributed by atoms with van der Waals surface area (Å²) in [5.74, 6) is 0.834. The molecule has 0 bridgehead atoms. The number of rotatable bonds is 7. The van der Waals surface area contributed by atoms with Crippen molar-refractivity contribution in [1.82, 2.24) is 4.90 Å². The Hall–Kier alpha value is -2.15. The van der Waals surface area contributed by atoms with Gasteiger partial charge in [0.05, 0.1) is 24.7 Å². The molecule has 2 amide bonds. The highest BCUT2D eigenvalue weighted by atomic mass is 35.5. The molecule has 1 aliphatic heterocycles. The van der Waals surface area contributed by atoms with E-state index < -0.39 is 0 Å². The van der Waals surface area contributed by atoms with E-state index in [-0.39, 0.29) is 23.8 Å². The van der Waals surface area contributed by atoms with Crippen LogP contribution >= 0.6 is 35.0 Å². The smallest absolute Gasteiger partial charge is 0.293 e. The lowest BCUT2D eigenvalue weighted by Crippen LogP contribution is -2.27. The topological polar surface area (TPSA) is 55.8 Å². The molecule has 0 unspecified atom stereocenters. The number of halogens is 2. The SMILES string of the molecule is CC[C@H](C)Oc1ccc(/C=C2\SC(=O)N(Cc3ccc(Cl)cc3Cl)C2=O)cc1OC. The average molecular weight is 466 g/mol. The predicted molar refractivity (Wildman–Crippen MR) is 121 cm³/mol. The number of nitrogens with zero attached hydrogens (tertiary/aromatic N) is 1. The standard InChI is InChI=1S/C22H21Cl2NO4S/c1-4-13(2)29-18-8-5-14(9-19(18)28-3)10-20-21(26)25(22(27)30-20)12-15-6-7-16(23)11-17(15)24/h5-11,13H,4,12H2,1-3H3/b20-10-/t13-/m0/s1. The fourth-order valence-electron chi connectivity index (χ4n) is 2.78. The Morgan fingerprint density at radius 3 is 2.57 bits per heavy atom. The van der Waals surface area contributed by atoms with Gasteiger partial charge in [-0.05, 0) is 66.6 Å². The second-order valence-electron chi connectivity index (χ2n) is 6.75. The molecule has 0 spiro atoms. The lowest BCUT2D eigenvalue weighted by molar-refractivity contribution is -0.123. The van der Waals surface area contributed by atoms with Crippen molar-refractivity contribution in [3.63, 3.8) is 0 Å². The van der Waals surface area contributed by atoms with Gasteiger partial charge in [0.1, 0.15) is 0 Å². The van der Waals surface area contributed by atoms with Gasteiger partial charge in [0.15, 0.2) is 11.5 Å². The van der Waals surface area contributed by atoms with E-state index in [0.717, 1.165) is 23.7 Å². The minimum atomic E-state index is -0.366. The van der Waals surface area contributed by atoms with Gasteiger partial charge in [0, 0.05) is 10.0 Å². The first kappa shape index (κ1) is 22.5. The molecule has 158 valence electrons. The van der Waals surface area contributed by atoms with Gasteiger partial charge in [-0.2, -0.15) is 0 Å². The zero-order chi connectivity index (χ0) is 21.8. The van der Waals surface area contributed by atoms with Crippen LogP contribution < -0.4 is 9.47 Å². The maximum Gasteiger partial charge on any atom is 0.293 e. The van der Waals surface area contributed by atoms with Gasteiger partial charge in [-0.1, -0.05) is 42.3 Å². The molecule has 1 atom stereocenters. The molecule has 5 nitrogen and oxygen atoms in total. The highest BCUT2D eigenvalue weighted by molar-refractivity contribution is 8.18. The van der Waals surface area contributed by atoms with Crippen molar-refractivity contribution < 1.29 is 19.1 Å². The molecule has 1 heterocycles. The van der Waals surface area contributed by atoms with E-state index in [2.05, 4.69) is 0 Å². The predicted octanol–water partition coefficient (Wildman–Crippen LogP) is 6.42. The molecule has 8 heteroatoms. The molecule has 0 aliphatic carbocycles. The normalized spacial score (nSPS) is 16.3. The molecule has 1 aliphatic rings. The molecule has 1 saturated heterocycles.